The molecule has 0 bridgehead atoms. The predicted molar refractivity (Wildman–Crippen MR) is 107 cm³/mol. The van der Waals surface area contributed by atoms with Crippen molar-refractivity contribution in [2.75, 3.05) is 13.1 Å². The molecule has 1 fully saturated rings. The molecule has 1 N–H and O–H groups in total. The van der Waals surface area contributed by atoms with Gasteiger partial charge in [-0.15, -0.1) is 0 Å². The molecule has 0 aliphatic carbocycles. The van der Waals surface area contributed by atoms with Crippen molar-refractivity contribution in [2.45, 2.75) is 51.1 Å². The smallest absolute Gasteiger partial charge is 0.227 e. The van der Waals surface area contributed by atoms with Gasteiger partial charge < -0.3 is 5.32 Å². The Morgan fingerprint density at radius 1 is 1.00 bits per heavy atom. The third kappa shape index (κ3) is 4.25. The van der Waals surface area contributed by atoms with Gasteiger partial charge >= 0.3 is 0 Å². The number of nitrogens with one attached hydrogen (secondary N) is 1. The van der Waals surface area contributed by atoms with Crippen LogP contribution in [-0.2, 0) is 4.79 Å². The number of benzene rings is 2. The number of likely N-dealkylation sites (tertiary alicyclic amines) is 1. The van der Waals surface area contributed by atoms with Gasteiger partial charge in [-0.3, -0.25) is 9.69 Å². The molecule has 0 radical (unpaired) electrons. The van der Waals surface area contributed by atoms with Gasteiger partial charge in [-0.05, 0) is 70.0 Å². The van der Waals surface area contributed by atoms with Crippen LogP contribution in [0.5, 0.6) is 0 Å². The Bertz CT molecular complexity index is 817. The minimum atomic E-state index is -0.898. The van der Waals surface area contributed by atoms with Crippen LogP contribution in [0.15, 0.2) is 48.5 Å². The first-order valence-electron chi connectivity index (χ1n) is 9.86. The standard InChI is InChI=1S/C23H28F2N2O/c1-16(17-9-5-4-6-10-17)22(28)26-21(18-11-12-19(24)20(25)15-18)23(2,3)27-13-7-8-14-27/h4-6,9-12,15-16,21H,7-8,13-14H2,1-3H3,(H,26,28)/t16-,21?/m0/s1. The van der Waals surface area contributed by atoms with Crippen LogP contribution in [0.3, 0.4) is 0 Å². The Morgan fingerprint density at radius 3 is 2.25 bits per heavy atom. The third-order valence-electron chi connectivity index (χ3n) is 5.88. The summed E-state index contributed by atoms with van der Waals surface area (Å²) in [7, 11) is 0. The van der Waals surface area contributed by atoms with Crippen LogP contribution in [0.25, 0.3) is 0 Å². The summed E-state index contributed by atoms with van der Waals surface area (Å²) in [5.41, 5.74) is 1.06. The monoisotopic (exact) mass is 386 g/mol. The predicted octanol–water partition coefficient (Wildman–Crippen LogP) is 4.80. The highest BCUT2D eigenvalue weighted by Gasteiger charge is 2.39. The molecule has 1 unspecified atom stereocenters. The number of hydrogen-bond donors (Lipinski definition) is 1. The highest BCUT2D eigenvalue weighted by molar-refractivity contribution is 5.83. The van der Waals surface area contributed by atoms with Crippen molar-refractivity contribution in [1.29, 1.82) is 0 Å². The summed E-state index contributed by atoms with van der Waals surface area (Å²) >= 11 is 0. The summed E-state index contributed by atoms with van der Waals surface area (Å²) in [6.07, 6.45) is 2.20. The van der Waals surface area contributed by atoms with E-state index in [1.807, 2.05) is 37.3 Å². The van der Waals surface area contributed by atoms with Crippen LogP contribution in [0.4, 0.5) is 8.78 Å². The fourth-order valence-corrected chi connectivity index (χ4v) is 4.00. The lowest BCUT2D eigenvalue weighted by Crippen LogP contribution is -2.53. The van der Waals surface area contributed by atoms with E-state index in [-0.39, 0.29) is 11.8 Å². The highest BCUT2D eigenvalue weighted by atomic mass is 19.2. The molecule has 2 aromatic rings. The van der Waals surface area contributed by atoms with Crippen LogP contribution in [0.1, 0.15) is 56.7 Å². The minimum absolute atomic E-state index is 0.131. The molecular weight excluding hydrogens is 358 g/mol. The zero-order valence-electron chi connectivity index (χ0n) is 16.7. The summed E-state index contributed by atoms with van der Waals surface area (Å²) in [6, 6.07) is 13.0. The minimum Gasteiger partial charge on any atom is -0.347 e. The molecule has 1 saturated heterocycles. The van der Waals surface area contributed by atoms with Gasteiger partial charge in [-0.2, -0.15) is 0 Å². The largest absolute Gasteiger partial charge is 0.347 e. The van der Waals surface area contributed by atoms with E-state index in [9.17, 15) is 13.6 Å². The zero-order valence-corrected chi connectivity index (χ0v) is 16.7. The molecule has 5 heteroatoms. The first-order chi connectivity index (χ1) is 13.3. The first-order valence-corrected chi connectivity index (χ1v) is 9.86. The second kappa shape index (κ2) is 8.39. The number of nitrogens with zero attached hydrogens (tertiary/aromatic N) is 1. The lowest BCUT2D eigenvalue weighted by atomic mass is 9.86. The molecule has 0 saturated carbocycles. The Balaban J connectivity index is 1.91. The quantitative estimate of drug-likeness (QED) is 0.773. The van der Waals surface area contributed by atoms with E-state index >= 15 is 0 Å². The summed E-state index contributed by atoms with van der Waals surface area (Å²) in [5.74, 6) is -2.26. The normalized spacial score (nSPS) is 17.3. The van der Waals surface area contributed by atoms with Gasteiger partial charge in [0.05, 0.1) is 12.0 Å². The molecule has 3 nitrogen and oxygen atoms in total. The Labute approximate surface area is 165 Å². The van der Waals surface area contributed by atoms with Crippen LogP contribution in [0, 0.1) is 11.6 Å². The van der Waals surface area contributed by atoms with Crippen LogP contribution in [-0.4, -0.2) is 29.4 Å². The Kier molecular flexibility index (Phi) is 6.14. The number of rotatable bonds is 6. The van der Waals surface area contributed by atoms with Gasteiger partial charge in [0.1, 0.15) is 0 Å². The molecule has 3 rings (SSSR count). The van der Waals surface area contributed by atoms with Crippen molar-refractivity contribution >= 4 is 5.91 Å². The fraction of sp³-hybridized carbons (Fsp3) is 0.435. The van der Waals surface area contributed by atoms with Crippen molar-refractivity contribution in [3.63, 3.8) is 0 Å². The van der Waals surface area contributed by atoms with E-state index in [0.29, 0.717) is 5.56 Å². The van der Waals surface area contributed by atoms with Gasteiger partial charge in [-0.1, -0.05) is 36.4 Å². The van der Waals surface area contributed by atoms with E-state index < -0.39 is 23.2 Å². The van der Waals surface area contributed by atoms with E-state index in [1.54, 1.807) is 6.07 Å². The number of hydrogen-bond acceptors (Lipinski definition) is 2. The van der Waals surface area contributed by atoms with Gasteiger partial charge in [0.25, 0.3) is 0 Å². The van der Waals surface area contributed by atoms with Crippen molar-refractivity contribution in [3.05, 3.63) is 71.3 Å². The molecule has 1 aliphatic heterocycles. The van der Waals surface area contributed by atoms with Crippen LogP contribution >= 0.6 is 0 Å². The van der Waals surface area contributed by atoms with Gasteiger partial charge in [0.15, 0.2) is 11.6 Å². The summed E-state index contributed by atoms with van der Waals surface area (Å²) < 4.78 is 27.5. The topological polar surface area (TPSA) is 32.3 Å². The van der Waals surface area contributed by atoms with Gasteiger partial charge in [-0.25, -0.2) is 8.78 Å². The number of amides is 1. The maximum Gasteiger partial charge on any atom is 0.227 e. The molecule has 2 atom stereocenters. The van der Waals surface area contributed by atoms with E-state index in [4.69, 9.17) is 0 Å². The fourth-order valence-electron chi connectivity index (χ4n) is 4.00. The van der Waals surface area contributed by atoms with Crippen molar-refractivity contribution in [2.24, 2.45) is 0 Å². The molecule has 1 amide bonds. The van der Waals surface area contributed by atoms with E-state index in [2.05, 4.69) is 24.1 Å². The molecule has 0 spiro atoms. The summed E-state index contributed by atoms with van der Waals surface area (Å²) in [6.45, 7) is 7.82. The lowest BCUT2D eigenvalue weighted by Gasteiger charge is -2.43. The molecule has 28 heavy (non-hydrogen) atoms. The second-order valence-corrected chi connectivity index (χ2v) is 8.10. The second-order valence-electron chi connectivity index (χ2n) is 8.10. The number of halogens is 2. The Morgan fingerprint density at radius 2 is 1.64 bits per heavy atom. The lowest BCUT2D eigenvalue weighted by molar-refractivity contribution is -0.124. The average molecular weight is 386 g/mol. The van der Waals surface area contributed by atoms with Crippen LogP contribution < -0.4 is 5.32 Å². The maximum absolute atomic E-state index is 14.0. The molecular formula is C23H28F2N2O. The first kappa shape index (κ1) is 20.5. The van der Waals surface area contributed by atoms with E-state index in [0.717, 1.165) is 37.6 Å². The highest BCUT2D eigenvalue weighted by Crippen LogP contribution is 2.35. The summed E-state index contributed by atoms with van der Waals surface area (Å²) in [4.78, 5) is 15.4. The van der Waals surface area contributed by atoms with Crippen molar-refractivity contribution < 1.29 is 13.6 Å². The van der Waals surface area contributed by atoms with Crippen molar-refractivity contribution in [3.8, 4) is 0 Å². The number of carbonyl (C=O) groups excluding carboxylic acids is 1. The molecule has 0 aromatic heterocycles. The molecule has 1 heterocycles. The average Bonchev–Trinajstić information content (AvgIpc) is 3.24. The maximum atomic E-state index is 14.0. The summed E-state index contributed by atoms with van der Waals surface area (Å²) in [5, 5.41) is 3.13. The molecule has 2 aromatic carbocycles. The third-order valence-corrected chi connectivity index (χ3v) is 5.88. The van der Waals surface area contributed by atoms with Gasteiger partial charge in [0, 0.05) is 5.54 Å². The Hall–Kier alpha value is -2.27. The molecule has 150 valence electrons. The molecule has 1 aliphatic rings. The SMILES string of the molecule is C[C@H](C(=O)NC(c1ccc(F)c(F)c1)C(C)(C)N1CCCC1)c1ccccc1. The zero-order chi connectivity index (χ0) is 20.3. The van der Waals surface area contributed by atoms with Crippen molar-refractivity contribution in [1.82, 2.24) is 10.2 Å². The van der Waals surface area contributed by atoms with Gasteiger partial charge in [0.2, 0.25) is 5.91 Å². The van der Waals surface area contributed by atoms with Crippen LogP contribution in [0.2, 0.25) is 0 Å². The van der Waals surface area contributed by atoms with E-state index in [1.165, 1.54) is 6.07 Å². The number of carbonyl (C=O) groups is 1.